The fourth-order valence-corrected chi connectivity index (χ4v) is 1.72. The van der Waals surface area contributed by atoms with Crippen molar-refractivity contribution in [2.75, 3.05) is 13.1 Å². The molecule has 0 unspecified atom stereocenters. The zero-order valence-corrected chi connectivity index (χ0v) is 6.17. The number of hydrogen-bond donors (Lipinski definition) is 1. The molecule has 2 aliphatic rings. The summed E-state index contributed by atoms with van der Waals surface area (Å²) in [4.78, 5) is 23.9. The van der Waals surface area contributed by atoms with Crippen LogP contribution in [0.1, 0.15) is 20.3 Å². The molecule has 0 spiro atoms. The molecule has 0 aliphatic carbocycles. The number of fused-ring (bicyclic) bond motifs is 1. The minimum Gasteiger partial charge on any atom is -0.345 e. The zero-order valence-electron chi connectivity index (χ0n) is 6.17. The lowest BCUT2D eigenvalue weighted by atomic mass is 10.2. The number of carbonyl (C=O) groups is 2. The lowest BCUT2D eigenvalue weighted by Crippen LogP contribution is -2.55. The Labute approximate surface area is 71.9 Å². The first kappa shape index (κ1) is 9.03. The van der Waals surface area contributed by atoms with Gasteiger partial charge in [-0.05, 0) is 12.8 Å². The van der Waals surface area contributed by atoms with E-state index in [0.717, 1.165) is 19.4 Å². The van der Waals surface area contributed by atoms with Crippen LogP contribution in [0.2, 0.25) is 0 Å². The van der Waals surface area contributed by atoms with Crippen molar-refractivity contribution >= 4 is 11.8 Å². The summed E-state index contributed by atoms with van der Waals surface area (Å²) < 4.78 is 0. The Balaban J connectivity index is 0.000000720. The summed E-state index contributed by atoms with van der Waals surface area (Å²) >= 11 is 0. The molecule has 2 heterocycles. The Hall–Kier alpha value is -1.06. The predicted octanol–water partition coefficient (Wildman–Crippen LogP) is -0.257. The summed E-state index contributed by atoms with van der Waals surface area (Å²) in [6.07, 6.45) is 1.79. The summed E-state index contributed by atoms with van der Waals surface area (Å²) in [5, 5.41) is 2.57. The van der Waals surface area contributed by atoms with Crippen molar-refractivity contribution in [2.24, 2.45) is 0 Å². The maximum atomic E-state index is 11.1. The first-order valence-electron chi connectivity index (χ1n) is 3.86. The van der Waals surface area contributed by atoms with Gasteiger partial charge in [-0.2, -0.15) is 0 Å². The molecule has 1 N–H and O–H groups in total. The number of amides is 2. The van der Waals surface area contributed by atoms with Gasteiger partial charge in [0.25, 0.3) is 0 Å². The van der Waals surface area contributed by atoms with Crippen molar-refractivity contribution < 1.29 is 9.59 Å². The Morgan fingerprint density at radius 3 is 2.83 bits per heavy atom. The summed E-state index contributed by atoms with van der Waals surface area (Å²) in [7, 11) is 0. The number of nitrogens with one attached hydrogen (secondary N) is 1. The van der Waals surface area contributed by atoms with Crippen molar-refractivity contribution in [3.05, 3.63) is 0 Å². The lowest BCUT2D eigenvalue weighted by molar-refractivity contribution is -0.143. The SMILES string of the molecule is C.O=C1NCC(=O)N2CCC[C@@H]12. The van der Waals surface area contributed by atoms with Gasteiger partial charge in [-0.25, -0.2) is 0 Å². The van der Waals surface area contributed by atoms with Gasteiger partial charge in [0.15, 0.2) is 0 Å². The van der Waals surface area contributed by atoms with E-state index in [1.807, 2.05) is 0 Å². The molecule has 0 radical (unpaired) electrons. The van der Waals surface area contributed by atoms with Crippen LogP contribution in [-0.4, -0.2) is 35.8 Å². The largest absolute Gasteiger partial charge is 0.345 e. The first-order valence-corrected chi connectivity index (χ1v) is 3.86. The maximum absolute atomic E-state index is 11.1. The van der Waals surface area contributed by atoms with Gasteiger partial charge in [0, 0.05) is 6.54 Å². The standard InChI is InChI=1S/C7H10N2O2.CH4/c10-6-4-8-7(11)5-2-1-3-9(5)6;/h5H,1-4H2,(H,8,11);1H4/t5-;/m0./s1. The third-order valence-electron chi connectivity index (χ3n) is 2.29. The molecule has 0 bridgehead atoms. The van der Waals surface area contributed by atoms with E-state index in [2.05, 4.69) is 5.32 Å². The third kappa shape index (κ3) is 1.17. The minimum atomic E-state index is -0.156. The van der Waals surface area contributed by atoms with Crippen LogP contribution in [-0.2, 0) is 9.59 Å². The molecule has 4 nitrogen and oxygen atoms in total. The van der Waals surface area contributed by atoms with E-state index in [1.54, 1.807) is 4.90 Å². The highest BCUT2D eigenvalue weighted by molar-refractivity contribution is 5.95. The molecule has 0 saturated carbocycles. The zero-order chi connectivity index (χ0) is 7.84. The molecule has 0 aromatic rings. The van der Waals surface area contributed by atoms with E-state index < -0.39 is 0 Å². The van der Waals surface area contributed by atoms with Crippen molar-refractivity contribution in [1.29, 1.82) is 0 Å². The van der Waals surface area contributed by atoms with Crippen LogP contribution in [0.5, 0.6) is 0 Å². The Bertz CT molecular complexity index is 193. The molecule has 2 fully saturated rings. The van der Waals surface area contributed by atoms with Crippen molar-refractivity contribution in [1.82, 2.24) is 10.2 Å². The lowest BCUT2D eigenvalue weighted by Gasteiger charge is -2.28. The van der Waals surface area contributed by atoms with Crippen LogP contribution in [0.4, 0.5) is 0 Å². The maximum Gasteiger partial charge on any atom is 0.243 e. The number of piperazine rings is 1. The number of carbonyl (C=O) groups excluding carboxylic acids is 2. The number of nitrogens with zero attached hydrogens (tertiary/aromatic N) is 1. The predicted molar refractivity (Wildman–Crippen MR) is 44.5 cm³/mol. The molecular formula is C8H14N2O2. The first-order chi connectivity index (χ1) is 5.29. The molecule has 2 aliphatic heterocycles. The van der Waals surface area contributed by atoms with Crippen LogP contribution < -0.4 is 5.32 Å². The van der Waals surface area contributed by atoms with Gasteiger partial charge >= 0.3 is 0 Å². The number of rotatable bonds is 0. The van der Waals surface area contributed by atoms with Gasteiger partial charge in [0.2, 0.25) is 11.8 Å². The van der Waals surface area contributed by atoms with Crippen molar-refractivity contribution in [3.8, 4) is 0 Å². The van der Waals surface area contributed by atoms with Crippen LogP contribution in [0.25, 0.3) is 0 Å². The van der Waals surface area contributed by atoms with E-state index >= 15 is 0 Å². The van der Waals surface area contributed by atoms with Gasteiger partial charge in [-0.3, -0.25) is 9.59 Å². The molecule has 0 aromatic heterocycles. The quantitative estimate of drug-likeness (QED) is 0.544. The van der Waals surface area contributed by atoms with Crippen LogP contribution in [0.3, 0.4) is 0 Å². The molecular weight excluding hydrogens is 156 g/mol. The topological polar surface area (TPSA) is 49.4 Å². The average Bonchev–Trinajstić information content (AvgIpc) is 2.45. The van der Waals surface area contributed by atoms with Crippen molar-refractivity contribution in [3.63, 3.8) is 0 Å². The van der Waals surface area contributed by atoms with Crippen LogP contribution in [0, 0.1) is 0 Å². The van der Waals surface area contributed by atoms with E-state index in [4.69, 9.17) is 0 Å². The van der Waals surface area contributed by atoms with E-state index in [1.165, 1.54) is 0 Å². The summed E-state index contributed by atoms with van der Waals surface area (Å²) in [5.74, 6) is 0.0780. The second kappa shape index (κ2) is 3.13. The van der Waals surface area contributed by atoms with Gasteiger partial charge in [-0.1, -0.05) is 7.43 Å². The van der Waals surface area contributed by atoms with E-state index in [-0.39, 0.29) is 31.8 Å². The Morgan fingerprint density at radius 1 is 1.42 bits per heavy atom. The molecule has 2 rings (SSSR count). The molecule has 2 amide bonds. The van der Waals surface area contributed by atoms with E-state index in [9.17, 15) is 9.59 Å². The molecule has 12 heavy (non-hydrogen) atoms. The molecule has 68 valence electrons. The smallest absolute Gasteiger partial charge is 0.243 e. The van der Waals surface area contributed by atoms with Gasteiger partial charge < -0.3 is 10.2 Å². The average molecular weight is 170 g/mol. The van der Waals surface area contributed by atoms with Gasteiger partial charge in [0.1, 0.15) is 6.04 Å². The normalized spacial score (nSPS) is 27.7. The highest BCUT2D eigenvalue weighted by Crippen LogP contribution is 2.19. The molecule has 4 heteroatoms. The second-order valence-corrected chi connectivity index (χ2v) is 2.96. The van der Waals surface area contributed by atoms with Gasteiger partial charge in [-0.15, -0.1) is 0 Å². The van der Waals surface area contributed by atoms with Crippen LogP contribution in [0.15, 0.2) is 0 Å². The monoisotopic (exact) mass is 170 g/mol. The van der Waals surface area contributed by atoms with Crippen LogP contribution >= 0.6 is 0 Å². The highest BCUT2D eigenvalue weighted by Gasteiger charge is 2.37. The minimum absolute atomic E-state index is 0. The molecule has 0 aromatic carbocycles. The molecule has 2 saturated heterocycles. The summed E-state index contributed by atoms with van der Waals surface area (Å²) in [5.41, 5.74) is 0. The fraction of sp³-hybridized carbons (Fsp3) is 0.750. The third-order valence-corrected chi connectivity index (χ3v) is 2.29. The highest BCUT2D eigenvalue weighted by atomic mass is 16.2. The summed E-state index contributed by atoms with van der Waals surface area (Å²) in [6, 6.07) is -0.156. The van der Waals surface area contributed by atoms with Gasteiger partial charge in [0.05, 0.1) is 6.54 Å². The van der Waals surface area contributed by atoms with E-state index in [0.29, 0.717) is 0 Å². The van der Waals surface area contributed by atoms with Crippen molar-refractivity contribution in [2.45, 2.75) is 26.3 Å². The summed E-state index contributed by atoms with van der Waals surface area (Å²) in [6.45, 7) is 0.951. The Morgan fingerprint density at radius 2 is 2.17 bits per heavy atom. The molecule has 1 atom stereocenters. The second-order valence-electron chi connectivity index (χ2n) is 2.96. The fourth-order valence-electron chi connectivity index (χ4n) is 1.72. The Kier molecular flexibility index (Phi) is 2.35. The number of hydrogen-bond acceptors (Lipinski definition) is 2.